The number of carbonyl (C=O) groups excluding carboxylic acids is 1. The molecule has 0 saturated carbocycles. The van der Waals surface area contributed by atoms with Gasteiger partial charge in [-0.25, -0.2) is 0 Å². The summed E-state index contributed by atoms with van der Waals surface area (Å²) in [6.07, 6.45) is 1.82. The summed E-state index contributed by atoms with van der Waals surface area (Å²) < 4.78 is 29.8. The van der Waals surface area contributed by atoms with Crippen molar-refractivity contribution in [3.63, 3.8) is 0 Å². The topological polar surface area (TPSA) is 78.8 Å². The number of hydrogen-bond acceptors (Lipinski definition) is 4. The molecule has 31 heavy (non-hydrogen) atoms. The van der Waals surface area contributed by atoms with Gasteiger partial charge in [0.05, 0.1) is 15.5 Å². The van der Waals surface area contributed by atoms with Gasteiger partial charge in [0.2, 0.25) is 0 Å². The maximum atomic E-state index is 12.8. The Labute approximate surface area is 189 Å². The molecule has 1 saturated heterocycles. The Morgan fingerprint density at radius 3 is 2.42 bits per heavy atom. The predicted octanol–water partition coefficient (Wildman–Crippen LogP) is 4.70. The van der Waals surface area contributed by atoms with Crippen molar-refractivity contribution >= 4 is 38.9 Å². The van der Waals surface area contributed by atoms with Crippen LogP contribution in [0.1, 0.15) is 41.3 Å². The first-order chi connectivity index (χ1) is 14.6. The quantitative estimate of drug-likeness (QED) is 0.654. The zero-order chi connectivity index (χ0) is 22.8. The number of sulfonamides is 1. The fourth-order valence-corrected chi connectivity index (χ4v) is 5.29. The molecule has 1 heterocycles. The minimum atomic E-state index is -3.82. The zero-order valence-electron chi connectivity index (χ0n) is 18.3. The largest absolute Gasteiger partial charge is 0.322 e. The number of hydrogen-bond donors (Lipinski definition) is 1. The molecule has 0 bridgehead atoms. The molecule has 3 rings (SSSR count). The summed E-state index contributed by atoms with van der Waals surface area (Å²) in [6, 6.07) is 9.86. The lowest BCUT2D eigenvalue weighted by Gasteiger charge is -2.28. The van der Waals surface area contributed by atoms with Crippen LogP contribution in [0.5, 0.6) is 0 Å². The molecule has 1 aliphatic heterocycles. The minimum Gasteiger partial charge on any atom is -0.322 e. The van der Waals surface area contributed by atoms with Crippen molar-refractivity contribution in [2.75, 3.05) is 25.5 Å². The Morgan fingerprint density at radius 1 is 1.13 bits per heavy atom. The lowest BCUT2D eigenvalue weighted by Crippen LogP contribution is -2.33. The number of nitrogens with one attached hydrogen (secondary N) is 1. The summed E-state index contributed by atoms with van der Waals surface area (Å²) in [4.78, 5) is 15.0. The molecule has 0 spiro atoms. The Balaban J connectivity index is 1.79. The molecule has 2 aromatic rings. The molecule has 0 unspecified atom stereocenters. The lowest BCUT2D eigenvalue weighted by atomic mass is 9.93. The van der Waals surface area contributed by atoms with Gasteiger partial charge in [0.1, 0.15) is 0 Å². The third kappa shape index (κ3) is 5.53. The van der Waals surface area contributed by atoms with Crippen molar-refractivity contribution in [1.29, 1.82) is 0 Å². The monoisotopic (exact) mass is 461 g/mol. The Morgan fingerprint density at radius 2 is 1.81 bits per heavy atom. The van der Waals surface area contributed by atoms with Crippen LogP contribution in [0.4, 0.5) is 5.69 Å². The van der Waals surface area contributed by atoms with Crippen molar-refractivity contribution in [3.05, 3.63) is 58.1 Å². The Bertz CT molecular complexity index is 1100. The average Bonchev–Trinajstić information content (AvgIpc) is 2.69. The number of likely N-dealkylation sites (tertiary alicyclic amines) is 1. The maximum absolute atomic E-state index is 12.8. The van der Waals surface area contributed by atoms with E-state index in [1.165, 1.54) is 12.1 Å². The van der Waals surface area contributed by atoms with E-state index in [1.54, 1.807) is 32.0 Å². The predicted molar refractivity (Wildman–Crippen MR) is 126 cm³/mol. The SMILES string of the molecule is C/C(=N/S(=O)(=O)c1ccc(NC(=O)c2c(C)cccc2Cl)c(C)c1)C1CCN(C)CC1. The molecule has 1 fully saturated rings. The van der Waals surface area contributed by atoms with Gasteiger partial charge in [-0.15, -0.1) is 0 Å². The first-order valence-electron chi connectivity index (χ1n) is 10.3. The number of amides is 1. The third-order valence-electron chi connectivity index (χ3n) is 5.77. The molecular weight excluding hydrogens is 434 g/mol. The summed E-state index contributed by atoms with van der Waals surface area (Å²) in [6.45, 7) is 7.24. The number of halogens is 1. The molecule has 1 N–H and O–H groups in total. The zero-order valence-corrected chi connectivity index (χ0v) is 19.8. The average molecular weight is 462 g/mol. The van der Waals surface area contributed by atoms with Crippen LogP contribution in [0.15, 0.2) is 45.7 Å². The van der Waals surface area contributed by atoms with Crippen LogP contribution in [0.25, 0.3) is 0 Å². The van der Waals surface area contributed by atoms with E-state index in [9.17, 15) is 13.2 Å². The van der Waals surface area contributed by atoms with Gasteiger partial charge < -0.3 is 10.2 Å². The fourth-order valence-electron chi connectivity index (χ4n) is 3.78. The molecule has 0 atom stereocenters. The van der Waals surface area contributed by atoms with Gasteiger partial charge in [-0.3, -0.25) is 4.79 Å². The van der Waals surface area contributed by atoms with Crippen LogP contribution >= 0.6 is 11.6 Å². The second kappa shape index (κ2) is 9.51. The smallest absolute Gasteiger partial charge is 0.282 e. The lowest BCUT2D eigenvalue weighted by molar-refractivity contribution is 0.102. The van der Waals surface area contributed by atoms with E-state index in [-0.39, 0.29) is 16.7 Å². The summed E-state index contributed by atoms with van der Waals surface area (Å²) in [5.74, 6) is -0.151. The van der Waals surface area contributed by atoms with Gasteiger partial charge in [0, 0.05) is 17.3 Å². The van der Waals surface area contributed by atoms with Crippen LogP contribution in [0.2, 0.25) is 5.02 Å². The molecule has 1 amide bonds. The van der Waals surface area contributed by atoms with Crippen LogP contribution in [0.3, 0.4) is 0 Å². The van der Waals surface area contributed by atoms with Gasteiger partial charge in [0.25, 0.3) is 15.9 Å². The molecule has 1 aliphatic rings. The minimum absolute atomic E-state index is 0.115. The molecule has 166 valence electrons. The number of rotatable bonds is 5. The highest BCUT2D eigenvalue weighted by molar-refractivity contribution is 7.90. The van der Waals surface area contributed by atoms with Crippen LogP contribution in [-0.2, 0) is 10.0 Å². The molecular formula is C23H28ClN3O3S. The van der Waals surface area contributed by atoms with E-state index in [2.05, 4.69) is 21.7 Å². The van der Waals surface area contributed by atoms with Crippen molar-refractivity contribution in [2.24, 2.45) is 10.3 Å². The van der Waals surface area contributed by atoms with E-state index >= 15 is 0 Å². The Hall–Kier alpha value is -2.22. The number of piperidine rings is 1. The van der Waals surface area contributed by atoms with Gasteiger partial charge in [0.15, 0.2) is 0 Å². The second-order valence-electron chi connectivity index (χ2n) is 8.15. The van der Waals surface area contributed by atoms with Crippen LogP contribution in [-0.4, -0.2) is 45.1 Å². The van der Waals surface area contributed by atoms with Crippen molar-refractivity contribution in [3.8, 4) is 0 Å². The highest BCUT2D eigenvalue weighted by Crippen LogP contribution is 2.26. The third-order valence-corrected chi connectivity index (χ3v) is 7.46. The van der Waals surface area contributed by atoms with Crippen LogP contribution < -0.4 is 5.32 Å². The van der Waals surface area contributed by atoms with Crippen molar-refractivity contribution < 1.29 is 13.2 Å². The highest BCUT2D eigenvalue weighted by Gasteiger charge is 2.22. The van der Waals surface area contributed by atoms with Crippen LogP contribution in [0, 0.1) is 19.8 Å². The molecule has 6 nitrogen and oxygen atoms in total. The van der Waals surface area contributed by atoms with Gasteiger partial charge in [-0.05, 0) is 89.1 Å². The summed E-state index contributed by atoms with van der Waals surface area (Å²) >= 11 is 6.18. The number of aryl methyl sites for hydroxylation is 2. The molecule has 2 aromatic carbocycles. The number of nitrogens with zero attached hydrogens (tertiary/aromatic N) is 2. The Kier molecular flexibility index (Phi) is 7.19. The van der Waals surface area contributed by atoms with E-state index < -0.39 is 10.0 Å². The second-order valence-corrected chi connectivity index (χ2v) is 10.2. The molecule has 0 aliphatic carbocycles. The van der Waals surface area contributed by atoms with Gasteiger partial charge in [-0.2, -0.15) is 12.8 Å². The highest BCUT2D eigenvalue weighted by atomic mass is 35.5. The maximum Gasteiger partial charge on any atom is 0.282 e. The van der Waals surface area contributed by atoms with E-state index in [1.807, 2.05) is 13.0 Å². The fraction of sp³-hybridized carbons (Fsp3) is 0.391. The number of carbonyl (C=O) groups is 1. The normalized spacial score (nSPS) is 16.4. The van der Waals surface area contributed by atoms with Crippen molar-refractivity contribution in [1.82, 2.24) is 4.90 Å². The summed E-state index contributed by atoms with van der Waals surface area (Å²) in [5.41, 5.74) is 2.97. The summed E-state index contributed by atoms with van der Waals surface area (Å²) in [5, 5.41) is 3.19. The molecule has 0 aromatic heterocycles. The number of anilines is 1. The molecule has 0 radical (unpaired) electrons. The van der Waals surface area contributed by atoms with E-state index in [0.29, 0.717) is 27.5 Å². The summed E-state index contributed by atoms with van der Waals surface area (Å²) in [7, 11) is -1.75. The molecule has 8 heteroatoms. The number of benzene rings is 2. The van der Waals surface area contributed by atoms with Gasteiger partial charge in [-0.1, -0.05) is 23.7 Å². The first kappa shape index (κ1) is 23.4. The first-order valence-corrected chi connectivity index (χ1v) is 12.1. The standard InChI is InChI=1S/C23H28ClN3O3S/c1-15-6-5-7-20(24)22(15)23(28)25-21-9-8-19(14-16(21)2)31(29,30)26-17(3)18-10-12-27(4)13-11-18/h5-9,14,18H,10-13H2,1-4H3,(H,25,28)/b26-17-. The van der Waals surface area contributed by atoms with Crippen molar-refractivity contribution in [2.45, 2.75) is 38.5 Å². The van der Waals surface area contributed by atoms with E-state index in [0.717, 1.165) is 31.5 Å². The van der Waals surface area contributed by atoms with Gasteiger partial charge >= 0.3 is 0 Å². The van der Waals surface area contributed by atoms with E-state index in [4.69, 9.17) is 11.6 Å².